The van der Waals surface area contributed by atoms with E-state index in [1.165, 1.54) is 25.3 Å². The fraction of sp³-hybridized carbons (Fsp3) is 0.278. The Labute approximate surface area is 143 Å². The van der Waals surface area contributed by atoms with Gasteiger partial charge >= 0.3 is 6.18 Å². The van der Waals surface area contributed by atoms with Crippen LogP contribution in [0.15, 0.2) is 42.5 Å². The topological polar surface area (TPSA) is 64.3 Å². The van der Waals surface area contributed by atoms with Crippen molar-refractivity contribution in [2.45, 2.75) is 25.4 Å². The van der Waals surface area contributed by atoms with Crippen LogP contribution in [0.2, 0.25) is 0 Å². The number of ether oxygens (including phenoxy) is 1. The first-order chi connectivity index (χ1) is 11.7. The normalized spacial score (nSPS) is 12.5. The summed E-state index contributed by atoms with van der Waals surface area (Å²) >= 11 is 0. The number of nitrogens with one attached hydrogen (secondary N) is 1. The summed E-state index contributed by atoms with van der Waals surface area (Å²) < 4.78 is 44.4. The number of benzene rings is 2. The fourth-order valence-corrected chi connectivity index (χ4v) is 2.54. The monoisotopic (exact) mass is 352 g/mol. The molecule has 0 aliphatic rings. The number of hydrogen-bond donors (Lipinski definition) is 2. The minimum Gasteiger partial charge on any atom is -0.497 e. The lowest BCUT2D eigenvalue weighted by Gasteiger charge is -2.18. The van der Waals surface area contributed by atoms with Gasteiger partial charge in [-0.3, -0.25) is 4.79 Å². The number of amides is 1. The molecule has 0 saturated carbocycles. The van der Waals surface area contributed by atoms with Crippen LogP contribution in [-0.4, -0.2) is 13.0 Å². The Kier molecular flexibility index (Phi) is 5.56. The molecule has 0 saturated heterocycles. The Morgan fingerprint density at radius 1 is 1.24 bits per heavy atom. The summed E-state index contributed by atoms with van der Waals surface area (Å²) in [6, 6.07) is 10.0. The minimum atomic E-state index is -4.46. The number of alkyl halides is 3. The number of halogens is 3. The van der Waals surface area contributed by atoms with Crippen LogP contribution in [0.25, 0.3) is 0 Å². The van der Waals surface area contributed by atoms with E-state index in [1.807, 2.05) is 0 Å². The second-order valence-electron chi connectivity index (χ2n) is 5.69. The first-order valence-electron chi connectivity index (χ1n) is 7.62. The first kappa shape index (κ1) is 18.6. The highest BCUT2D eigenvalue weighted by atomic mass is 19.4. The van der Waals surface area contributed by atoms with Crippen molar-refractivity contribution in [3.63, 3.8) is 0 Å². The molecule has 0 radical (unpaired) electrons. The summed E-state index contributed by atoms with van der Waals surface area (Å²) in [6.07, 6.45) is -4.57. The lowest BCUT2D eigenvalue weighted by molar-refractivity contribution is -0.138. The summed E-state index contributed by atoms with van der Waals surface area (Å²) in [5, 5.41) is 2.62. The summed E-state index contributed by atoms with van der Waals surface area (Å²) in [6.45, 7) is 1.58. The van der Waals surface area contributed by atoms with E-state index >= 15 is 0 Å². The molecule has 0 heterocycles. The molecule has 0 fully saturated rings. The molecule has 0 bridgehead atoms. The number of carbonyl (C=O) groups excluding carboxylic acids is 1. The van der Waals surface area contributed by atoms with Crippen LogP contribution in [0.1, 0.15) is 30.4 Å². The van der Waals surface area contributed by atoms with E-state index in [1.54, 1.807) is 25.1 Å². The molecule has 0 aliphatic heterocycles. The Morgan fingerprint density at radius 2 is 1.92 bits per heavy atom. The summed E-state index contributed by atoms with van der Waals surface area (Å²) in [7, 11) is 1.48. The highest BCUT2D eigenvalue weighted by Gasteiger charge is 2.34. The van der Waals surface area contributed by atoms with Crippen molar-refractivity contribution in [1.29, 1.82) is 0 Å². The SMILES string of the molecule is COc1ccc(N)c(NC(=O)CC(C)c2ccccc2C(F)(F)F)c1. The van der Waals surface area contributed by atoms with Crippen LogP contribution in [0, 0.1) is 0 Å². The van der Waals surface area contributed by atoms with Crippen molar-refractivity contribution >= 4 is 17.3 Å². The van der Waals surface area contributed by atoms with E-state index in [0.29, 0.717) is 17.1 Å². The second-order valence-corrected chi connectivity index (χ2v) is 5.69. The third-order valence-corrected chi connectivity index (χ3v) is 3.82. The zero-order valence-electron chi connectivity index (χ0n) is 13.9. The van der Waals surface area contributed by atoms with Crippen LogP contribution in [0.4, 0.5) is 24.5 Å². The van der Waals surface area contributed by atoms with Gasteiger partial charge in [0, 0.05) is 12.5 Å². The molecule has 7 heteroatoms. The van der Waals surface area contributed by atoms with Crippen molar-refractivity contribution in [2.24, 2.45) is 0 Å². The Hall–Kier alpha value is -2.70. The van der Waals surface area contributed by atoms with Crippen LogP contribution in [0.5, 0.6) is 5.75 Å². The lowest BCUT2D eigenvalue weighted by atomic mass is 9.92. The van der Waals surface area contributed by atoms with Crippen LogP contribution in [0.3, 0.4) is 0 Å². The molecule has 0 aromatic heterocycles. The van der Waals surface area contributed by atoms with Crippen molar-refractivity contribution in [1.82, 2.24) is 0 Å². The second kappa shape index (κ2) is 7.46. The maximum Gasteiger partial charge on any atom is 0.416 e. The van der Waals surface area contributed by atoms with E-state index < -0.39 is 23.6 Å². The van der Waals surface area contributed by atoms with E-state index in [0.717, 1.165) is 6.07 Å². The van der Waals surface area contributed by atoms with Crippen molar-refractivity contribution in [2.75, 3.05) is 18.2 Å². The Balaban J connectivity index is 2.14. The molecule has 134 valence electrons. The van der Waals surface area contributed by atoms with Gasteiger partial charge in [-0.25, -0.2) is 0 Å². The number of nitrogen functional groups attached to an aromatic ring is 1. The number of anilines is 2. The average Bonchev–Trinajstić information content (AvgIpc) is 2.56. The largest absolute Gasteiger partial charge is 0.497 e. The van der Waals surface area contributed by atoms with Gasteiger partial charge in [0.1, 0.15) is 5.75 Å². The first-order valence-corrected chi connectivity index (χ1v) is 7.62. The predicted octanol–water partition coefficient (Wildman–Crippen LogP) is 4.43. The van der Waals surface area contributed by atoms with E-state index in [2.05, 4.69) is 5.32 Å². The smallest absolute Gasteiger partial charge is 0.416 e. The molecule has 1 unspecified atom stereocenters. The molecular formula is C18H19F3N2O2. The van der Waals surface area contributed by atoms with Crippen molar-refractivity contribution in [3.05, 3.63) is 53.6 Å². The van der Waals surface area contributed by atoms with E-state index in [-0.39, 0.29) is 12.0 Å². The third kappa shape index (κ3) is 4.65. The van der Waals surface area contributed by atoms with Gasteiger partial charge in [0.2, 0.25) is 5.91 Å². The summed E-state index contributed by atoms with van der Waals surface area (Å²) in [4.78, 5) is 12.2. The van der Waals surface area contributed by atoms with Gasteiger partial charge in [0.15, 0.2) is 0 Å². The molecule has 0 aliphatic carbocycles. The fourth-order valence-electron chi connectivity index (χ4n) is 2.54. The molecule has 4 nitrogen and oxygen atoms in total. The highest BCUT2D eigenvalue weighted by molar-refractivity contribution is 5.94. The molecular weight excluding hydrogens is 333 g/mol. The van der Waals surface area contributed by atoms with Gasteiger partial charge in [-0.15, -0.1) is 0 Å². The standard InChI is InChI=1S/C18H19F3N2O2/c1-11(13-5-3-4-6-14(13)18(19,20)21)9-17(24)23-16-10-12(25-2)7-8-15(16)22/h3-8,10-11H,9,22H2,1-2H3,(H,23,24). The number of carbonyl (C=O) groups is 1. The predicted molar refractivity (Wildman–Crippen MR) is 90.5 cm³/mol. The van der Waals surface area contributed by atoms with Gasteiger partial charge in [-0.05, 0) is 29.7 Å². The number of methoxy groups -OCH3 is 1. The summed E-state index contributed by atoms with van der Waals surface area (Å²) in [5.41, 5.74) is 5.86. The molecule has 2 rings (SSSR count). The number of hydrogen-bond acceptors (Lipinski definition) is 3. The van der Waals surface area contributed by atoms with Crippen LogP contribution < -0.4 is 15.8 Å². The molecule has 2 aromatic carbocycles. The van der Waals surface area contributed by atoms with Gasteiger partial charge in [0.25, 0.3) is 0 Å². The van der Waals surface area contributed by atoms with Crippen LogP contribution in [-0.2, 0) is 11.0 Å². The molecule has 3 N–H and O–H groups in total. The summed E-state index contributed by atoms with van der Waals surface area (Å²) in [5.74, 6) is -0.519. The molecule has 0 spiro atoms. The zero-order chi connectivity index (χ0) is 18.6. The van der Waals surface area contributed by atoms with E-state index in [9.17, 15) is 18.0 Å². The maximum absolute atomic E-state index is 13.1. The van der Waals surface area contributed by atoms with Crippen molar-refractivity contribution in [3.8, 4) is 5.75 Å². The average molecular weight is 352 g/mol. The van der Waals surface area contributed by atoms with E-state index in [4.69, 9.17) is 10.5 Å². The highest BCUT2D eigenvalue weighted by Crippen LogP contribution is 2.36. The molecule has 25 heavy (non-hydrogen) atoms. The van der Waals surface area contributed by atoms with Gasteiger partial charge in [-0.1, -0.05) is 25.1 Å². The van der Waals surface area contributed by atoms with Crippen molar-refractivity contribution < 1.29 is 22.7 Å². The van der Waals surface area contributed by atoms with Crippen LogP contribution >= 0.6 is 0 Å². The molecule has 2 aromatic rings. The van der Waals surface area contributed by atoms with Gasteiger partial charge in [-0.2, -0.15) is 13.2 Å². The molecule has 1 amide bonds. The maximum atomic E-state index is 13.1. The molecule has 1 atom stereocenters. The van der Waals surface area contributed by atoms with Gasteiger partial charge < -0.3 is 15.8 Å². The zero-order valence-corrected chi connectivity index (χ0v) is 13.9. The number of rotatable bonds is 5. The third-order valence-electron chi connectivity index (χ3n) is 3.82. The lowest BCUT2D eigenvalue weighted by Crippen LogP contribution is -2.17. The Bertz CT molecular complexity index is 760. The number of nitrogens with two attached hydrogens (primary N) is 1. The van der Waals surface area contributed by atoms with Gasteiger partial charge in [0.05, 0.1) is 24.0 Å². The minimum absolute atomic E-state index is 0.0868. The Morgan fingerprint density at radius 3 is 2.56 bits per heavy atom. The quantitative estimate of drug-likeness (QED) is 0.783.